The molecular formula is C26H34N2O7P2S. The van der Waals surface area contributed by atoms with Crippen molar-refractivity contribution < 1.29 is 32.0 Å². The highest BCUT2D eigenvalue weighted by Gasteiger charge is 2.51. The SMILES string of the molecule is CCOP(=O)(OCC)C(c1ccc(C(=O)Nc2cc(-c3cccs3)ccc2N)cc1)P(=O)(OCC)OCC. The van der Waals surface area contributed by atoms with Crippen LogP contribution in [0.3, 0.4) is 0 Å². The molecule has 3 aromatic rings. The number of anilines is 2. The van der Waals surface area contributed by atoms with Crippen LogP contribution in [0.25, 0.3) is 10.4 Å². The van der Waals surface area contributed by atoms with Crippen molar-refractivity contribution in [1.82, 2.24) is 0 Å². The van der Waals surface area contributed by atoms with Crippen LogP contribution in [0.5, 0.6) is 0 Å². The van der Waals surface area contributed by atoms with Gasteiger partial charge in [0.1, 0.15) is 0 Å². The second-order valence-electron chi connectivity index (χ2n) is 7.98. The quantitative estimate of drug-likeness (QED) is 0.146. The lowest BCUT2D eigenvalue weighted by molar-refractivity contribution is 0.102. The van der Waals surface area contributed by atoms with Crippen molar-refractivity contribution in [1.29, 1.82) is 0 Å². The second kappa shape index (κ2) is 13.7. The van der Waals surface area contributed by atoms with Crippen LogP contribution >= 0.6 is 26.5 Å². The first-order chi connectivity index (χ1) is 18.2. The van der Waals surface area contributed by atoms with Crippen molar-refractivity contribution in [3.05, 3.63) is 71.1 Å². The molecular weight excluding hydrogens is 546 g/mol. The topological polar surface area (TPSA) is 126 Å². The molecule has 0 atom stereocenters. The molecule has 3 rings (SSSR count). The maximum Gasteiger partial charge on any atom is 0.350 e. The Bertz CT molecular complexity index is 1250. The molecule has 1 amide bonds. The molecule has 0 unspecified atom stereocenters. The van der Waals surface area contributed by atoms with E-state index in [9.17, 15) is 13.9 Å². The molecule has 0 aliphatic carbocycles. The van der Waals surface area contributed by atoms with E-state index in [1.54, 1.807) is 69.4 Å². The van der Waals surface area contributed by atoms with Gasteiger partial charge in [-0.1, -0.05) is 24.3 Å². The molecule has 206 valence electrons. The molecule has 3 N–H and O–H groups in total. The zero-order chi connectivity index (χ0) is 27.8. The normalized spacial score (nSPS) is 12.1. The van der Waals surface area contributed by atoms with Gasteiger partial charge in [-0.15, -0.1) is 11.3 Å². The van der Waals surface area contributed by atoms with E-state index in [1.165, 1.54) is 0 Å². The summed E-state index contributed by atoms with van der Waals surface area (Å²) < 4.78 is 49.9. The van der Waals surface area contributed by atoms with Crippen LogP contribution in [-0.2, 0) is 27.2 Å². The molecule has 0 bridgehead atoms. The molecule has 0 aliphatic rings. The van der Waals surface area contributed by atoms with Crippen LogP contribution in [0.1, 0.15) is 49.0 Å². The predicted octanol–water partition coefficient (Wildman–Crippen LogP) is 7.78. The zero-order valence-electron chi connectivity index (χ0n) is 21.9. The van der Waals surface area contributed by atoms with Crippen molar-refractivity contribution >= 4 is 43.8 Å². The number of benzene rings is 2. The summed E-state index contributed by atoms with van der Waals surface area (Å²) in [6.07, 6.45) is 0. The van der Waals surface area contributed by atoms with Gasteiger partial charge < -0.3 is 29.1 Å². The summed E-state index contributed by atoms with van der Waals surface area (Å²) >= 11 is 1.59. The molecule has 0 saturated carbocycles. The molecule has 1 heterocycles. The lowest BCUT2D eigenvalue weighted by Crippen LogP contribution is -2.14. The maximum atomic E-state index is 13.9. The Morgan fingerprint density at radius 2 is 1.42 bits per heavy atom. The second-order valence-corrected chi connectivity index (χ2v) is 13.6. The summed E-state index contributed by atoms with van der Waals surface area (Å²) in [4.78, 5) is 14.1. The van der Waals surface area contributed by atoms with Crippen LogP contribution in [0.2, 0.25) is 0 Å². The van der Waals surface area contributed by atoms with E-state index in [1.807, 2.05) is 29.6 Å². The Hall–Kier alpha value is -2.29. The highest BCUT2D eigenvalue weighted by atomic mass is 32.1. The van der Waals surface area contributed by atoms with Gasteiger partial charge in [0.15, 0.2) is 5.40 Å². The number of carbonyl (C=O) groups excluding carboxylic acids is 1. The predicted molar refractivity (Wildman–Crippen MR) is 153 cm³/mol. The fourth-order valence-electron chi connectivity index (χ4n) is 3.88. The van der Waals surface area contributed by atoms with Crippen molar-refractivity contribution in [2.45, 2.75) is 33.1 Å². The average molecular weight is 581 g/mol. The third kappa shape index (κ3) is 7.01. The Morgan fingerprint density at radius 1 is 0.868 bits per heavy atom. The van der Waals surface area contributed by atoms with E-state index in [0.717, 1.165) is 10.4 Å². The van der Waals surface area contributed by atoms with Gasteiger partial charge in [-0.25, -0.2) is 0 Å². The Kier molecular flexibility index (Phi) is 10.9. The minimum atomic E-state index is -3.99. The van der Waals surface area contributed by atoms with E-state index >= 15 is 0 Å². The first kappa shape index (κ1) is 30.3. The van der Waals surface area contributed by atoms with Gasteiger partial charge >= 0.3 is 15.2 Å². The summed E-state index contributed by atoms with van der Waals surface area (Å²) in [5.41, 5.74) is 8.63. The Balaban J connectivity index is 1.94. The monoisotopic (exact) mass is 580 g/mol. The zero-order valence-corrected chi connectivity index (χ0v) is 24.5. The highest BCUT2D eigenvalue weighted by Crippen LogP contribution is 2.78. The van der Waals surface area contributed by atoms with Crippen LogP contribution in [0.4, 0.5) is 11.4 Å². The molecule has 12 heteroatoms. The molecule has 0 spiro atoms. The lowest BCUT2D eigenvalue weighted by Gasteiger charge is -2.31. The summed E-state index contributed by atoms with van der Waals surface area (Å²) in [7, 11) is -7.98. The smallest absolute Gasteiger partial charge is 0.350 e. The fraction of sp³-hybridized carbons (Fsp3) is 0.346. The summed E-state index contributed by atoms with van der Waals surface area (Å²) in [5.74, 6) is -0.390. The van der Waals surface area contributed by atoms with Gasteiger partial charge in [0.25, 0.3) is 5.91 Å². The fourth-order valence-corrected chi connectivity index (χ4v) is 10.0. The van der Waals surface area contributed by atoms with Crippen LogP contribution < -0.4 is 11.1 Å². The first-order valence-corrected chi connectivity index (χ1v) is 16.4. The van der Waals surface area contributed by atoms with Crippen molar-refractivity contribution in [2.75, 3.05) is 37.5 Å². The number of rotatable bonds is 14. The number of carbonyl (C=O) groups is 1. The van der Waals surface area contributed by atoms with Gasteiger partial charge in [-0.2, -0.15) is 0 Å². The molecule has 0 saturated heterocycles. The van der Waals surface area contributed by atoms with Crippen LogP contribution in [0, 0.1) is 0 Å². The first-order valence-electron chi connectivity index (χ1n) is 12.3. The van der Waals surface area contributed by atoms with Gasteiger partial charge in [-0.3, -0.25) is 13.9 Å². The van der Waals surface area contributed by atoms with Crippen LogP contribution in [-0.4, -0.2) is 32.3 Å². The minimum absolute atomic E-state index is 0.0679. The minimum Gasteiger partial charge on any atom is -0.397 e. The standard InChI is InChI=1S/C26H34N2O7P2S/c1-5-32-36(30,33-6-2)26(37(31,34-7-3)35-8-4)20-13-11-19(12-14-20)25(29)28-23-18-21(15-16-22(23)27)24-10-9-17-38-24/h9-18,26H,5-8,27H2,1-4H3,(H,28,29). The van der Waals surface area contributed by atoms with E-state index < -0.39 is 26.5 Å². The molecule has 1 aromatic heterocycles. The van der Waals surface area contributed by atoms with Crippen molar-refractivity contribution in [2.24, 2.45) is 0 Å². The molecule has 0 fully saturated rings. The number of thiophene rings is 1. The molecule has 0 radical (unpaired) electrons. The van der Waals surface area contributed by atoms with Gasteiger partial charge in [0.05, 0.1) is 37.8 Å². The molecule has 0 aliphatic heterocycles. The Morgan fingerprint density at radius 3 is 1.89 bits per heavy atom. The van der Waals surface area contributed by atoms with E-state index in [2.05, 4.69) is 5.32 Å². The average Bonchev–Trinajstić information content (AvgIpc) is 3.41. The number of nitrogen functional groups attached to an aromatic ring is 1. The number of hydrogen-bond donors (Lipinski definition) is 2. The van der Waals surface area contributed by atoms with Gasteiger partial charge in [0.2, 0.25) is 0 Å². The van der Waals surface area contributed by atoms with Crippen molar-refractivity contribution in [3.63, 3.8) is 0 Å². The largest absolute Gasteiger partial charge is 0.397 e. The summed E-state index contributed by atoms with van der Waals surface area (Å²) in [6.45, 7) is 6.94. The third-order valence-corrected chi connectivity index (χ3v) is 12.3. The number of amides is 1. The van der Waals surface area contributed by atoms with Gasteiger partial charge in [0, 0.05) is 10.4 Å². The summed E-state index contributed by atoms with van der Waals surface area (Å²) in [6, 6.07) is 15.6. The van der Waals surface area contributed by atoms with E-state index in [0.29, 0.717) is 22.5 Å². The van der Waals surface area contributed by atoms with Crippen LogP contribution in [0.15, 0.2) is 60.0 Å². The highest BCUT2D eigenvalue weighted by molar-refractivity contribution is 7.72. The summed E-state index contributed by atoms with van der Waals surface area (Å²) in [5, 5.41) is 3.50. The lowest BCUT2D eigenvalue weighted by atomic mass is 10.1. The number of hydrogen-bond acceptors (Lipinski definition) is 9. The van der Waals surface area contributed by atoms with E-state index in [4.69, 9.17) is 23.8 Å². The third-order valence-electron chi connectivity index (χ3n) is 5.41. The number of nitrogens with two attached hydrogens (primary N) is 1. The van der Waals surface area contributed by atoms with E-state index in [-0.39, 0.29) is 26.4 Å². The number of nitrogens with one attached hydrogen (secondary N) is 1. The molecule has 38 heavy (non-hydrogen) atoms. The van der Waals surface area contributed by atoms with Crippen molar-refractivity contribution in [3.8, 4) is 10.4 Å². The Labute approximate surface area is 227 Å². The molecule has 9 nitrogen and oxygen atoms in total. The van der Waals surface area contributed by atoms with Gasteiger partial charge in [-0.05, 0) is 74.5 Å². The maximum absolute atomic E-state index is 13.9. The molecule has 2 aromatic carbocycles.